The minimum Gasteiger partial charge on any atom is -0.378 e. The molecule has 1 aromatic carbocycles. The molecule has 0 saturated carbocycles. The Kier molecular flexibility index (Phi) is 6.63. The maximum Gasteiger partial charge on any atom is 0.220 e. The van der Waals surface area contributed by atoms with Gasteiger partial charge in [0.25, 0.3) is 0 Å². The van der Waals surface area contributed by atoms with Crippen LogP contribution in [-0.2, 0) is 9.53 Å². The van der Waals surface area contributed by atoms with Gasteiger partial charge in [0.2, 0.25) is 11.9 Å². The number of nitrogens with one attached hydrogen (secondary N) is 2. The third-order valence-corrected chi connectivity index (χ3v) is 6.76. The number of hydrazine groups is 1. The van der Waals surface area contributed by atoms with Crippen LogP contribution in [0.4, 0.5) is 22.9 Å². The molecule has 4 heterocycles. The molecule has 2 aromatic rings. The van der Waals surface area contributed by atoms with E-state index in [1.807, 2.05) is 22.2 Å². The van der Waals surface area contributed by atoms with Crippen molar-refractivity contribution in [2.45, 2.75) is 32.9 Å². The number of carbonyl (C=O) groups excluding carboxylic acids is 1. The number of amides is 1. The summed E-state index contributed by atoms with van der Waals surface area (Å²) in [5.41, 5.74) is 6.53. The van der Waals surface area contributed by atoms with Crippen LogP contribution in [0.25, 0.3) is 0 Å². The number of aliphatic imine (C=N–C) groups is 1. The average molecular weight is 479 g/mol. The van der Waals surface area contributed by atoms with Crippen molar-refractivity contribution in [1.29, 1.82) is 0 Å². The van der Waals surface area contributed by atoms with Gasteiger partial charge in [-0.15, -0.1) is 0 Å². The van der Waals surface area contributed by atoms with E-state index >= 15 is 0 Å². The van der Waals surface area contributed by atoms with Crippen molar-refractivity contribution in [2.75, 3.05) is 66.2 Å². The Balaban J connectivity index is 1.19. The molecule has 10 heteroatoms. The van der Waals surface area contributed by atoms with Gasteiger partial charge in [-0.1, -0.05) is 0 Å². The smallest absolute Gasteiger partial charge is 0.220 e. The van der Waals surface area contributed by atoms with E-state index in [-0.39, 0.29) is 18.0 Å². The third kappa shape index (κ3) is 5.12. The van der Waals surface area contributed by atoms with Gasteiger partial charge in [0.1, 0.15) is 12.5 Å². The Morgan fingerprint density at radius 1 is 1.03 bits per heavy atom. The highest BCUT2D eigenvalue weighted by Gasteiger charge is 2.32. The van der Waals surface area contributed by atoms with E-state index in [4.69, 9.17) is 4.74 Å². The van der Waals surface area contributed by atoms with Gasteiger partial charge in [-0.05, 0) is 44.2 Å². The second-order valence-corrected chi connectivity index (χ2v) is 9.36. The molecule has 1 amide bonds. The van der Waals surface area contributed by atoms with Crippen LogP contribution in [0.5, 0.6) is 0 Å². The number of nitrogens with zero attached hydrogens (tertiary/aromatic N) is 6. The van der Waals surface area contributed by atoms with E-state index < -0.39 is 0 Å². The number of anilines is 4. The molecular formula is C25H34N8O2. The maximum absolute atomic E-state index is 12.0. The number of rotatable bonds is 4. The lowest BCUT2D eigenvalue weighted by molar-refractivity contribution is -0.133. The zero-order valence-corrected chi connectivity index (χ0v) is 20.6. The normalized spacial score (nSPS) is 22.7. The van der Waals surface area contributed by atoms with E-state index in [9.17, 15) is 4.79 Å². The van der Waals surface area contributed by atoms with Crippen LogP contribution in [0.15, 0.2) is 47.6 Å². The zero-order chi connectivity index (χ0) is 24.4. The average Bonchev–Trinajstić information content (AvgIpc) is 3.33. The van der Waals surface area contributed by atoms with Crippen molar-refractivity contribution >= 4 is 34.7 Å². The predicted molar refractivity (Wildman–Crippen MR) is 139 cm³/mol. The van der Waals surface area contributed by atoms with Gasteiger partial charge < -0.3 is 24.8 Å². The molecule has 3 aliphatic heterocycles. The Bertz CT molecular complexity index is 1060. The molecule has 2 atom stereocenters. The largest absolute Gasteiger partial charge is 0.378 e. The number of benzene rings is 1. The van der Waals surface area contributed by atoms with Crippen LogP contribution in [0.1, 0.15) is 20.8 Å². The van der Waals surface area contributed by atoms with E-state index in [1.54, 1.807) is 6.92 Å². The number of aromatic nitrogens is 1. The Labute approximate surface area is 206 Å². The fourth-order valence-electron chi connectivity index (χ4n) is 5.15. The second kappa shape index (κ2) is 9.99. The van der Waals surface area contributed by atoms with Gasteiger partial charge in [-0.25, -0.2) is 9.98 Å². The first kappa shape index (κ1) is 23.2. The molecule has 10 nitrogen and oxygen atoms in total. The molecule has 35 heavy (non-hydrogen) atoms. The number of hydrogen-bond acceptors (Lipinski definition) is 9. The molecule has 186 valence electrons. The standard InChI is InChI=1S/C25H34N8O2/c1-18-15-31(16-19(2)33(18)20(3)34)24-14-23(8-9-26-24)32-17-27-25(29-32)28-21-4-6-22(7-5-21)30-10-12-35-13-11-30/h4-9,14,18-19H,10-13,15-17H2,1-3H3,(H2,27,28,29). The van der Waals surface area contributed by atoms with Crippen molar-refractivity contribution in [3.8, 4) is 0 Å². The summed E-state index contributed by atoms with van der Waals surface area (Å²) < 4.78 is 5.44. The lowest BCUT2D eigenvalue weighted by Gasteiger charge is -2.44. The number of piperazine rings is 1. The number of hydrogen-bond donors (Lipinski definition) is 2. The number of morpholine rings is 1. The molecule has 2 fully saturated rings. The first-order valence-electron chi connectivity index (χ1n) is 12.3. The first-order chi connectivity index (χ1) is 17.0. The quantitative estimate of drug-likeness (QED) is 0.691. The Morgan fingerprint density at radius 3 is 2.43 bits per heavy atom. The molecule has 0 radical (unpaired) electrons. The molecule has 0 bridgehead atoms. The predicted octanol–water partition coefficient (Wildman–Crippen LogP) is 2.11. The van der Waals surface area contributed by atoms with Crippen LogP contribution < -0.4 is 25.6 Å². The summed E-state index contributed by atoms with van der Waals surface area (Å²) in [6.45, 7) is 11.3. The van der Waals surface area contributed by atoms with Crippen LogP contribution in [-0.4, -0.2) is 79.9 Å². The monoisotopic (exact) mass is 478 g/mol. The lowest BCUT2D eigenvalue weighted by atomic mass is 10.1. The van der Waals surface area contributed by atoms with Crippen LogP contribution >= 0.6 is 0 Å². The van der Waals surface area contributed by atoms with Crippen molar-refractivity contribution < 1.29 is 9.53 Å². The van der Waals surface area contributed by atoms with Crippen molar-refractivity contribution in [1.82, 2.24) is 15.3 Å². The summed E-state index contributed by atoms with van der Waals surface area (Å²) in [6.07, 6.45) is 1.83. The molecule has 3 aliphatic rings. The fourth-order valence-corrected chi connectivity index (χ4v) is 5.15. The maximum atomic E-state index is 12.0. The first-order valence-corrected chi connectivity index (χ1v) is 12.3. The zero-order valence-electron chi connectivity index (χ0n) is 20.6. The van der Waals surface area contributed by atoms with Crippen LogP contribution in [0.3, 0.4) is 0 Å². The fraction of sp³-hybridized carbons (Fsp3) is 0.480. The second-order valence-electron chi connectivity index (χ2n) is 9.36. The molecular weight excluding hydrogens is 444 g/mol. The summed E-state index contributed by atoms with van der Waals surface area (Å²) in [4.78, 5) is 27.8. The lowest BCUT2D eigenvalue weighted by Crippen LogP contribution is -2.58. The number of carbonyl (C=O) groups is 1. The van der Waals surface area contributed by atoms with Gasteiger partial charge >= 0.3 is 0 Å². The van der Waals surface area contributed by atoms with Gasteiger partial charge in [0.05, 0.1) is 18.9 Å². The summed E-state index contributed by atoms with van der Waals surface area (Å²) in [5, 5.41) is 5.36. The van der Waals surface area contributed by atoms with Gasteiger partial charge in [0, 0.05) is 68.8 Å². The number of ether oxygens (including phenoxy) is 1. The molecule has 2 N–H and O–H groups in total. The van der Waals surface area contributed by atoms with Gasteiger partial charge in [-0.3, -0.25) is 15.2 Å². The molecule has 1 aromatic heterocycles. The number of guanidine groups is 1. The topological polar surface area (TPSA) is 88.6 Å². The van der Waals surface area contributed by atoms with E-state index in [1.165, 1.54) is 5.69 Å². The highest BCUT2D eigenvalue weighted by molar-refractivity contribution is 5.96. The minimum absolute atomic E-state index is 0.125. The molecule has 0 spiro atoms. The summed E-state index contributed by atoms with van der Waals surface area (Å²) in [6, 6.07) is 12.7. The Morgan fingerprint density at radius 2 is 1.74 bits per heavy atom. The molecule has 0 aliphatic carbocycles. The number of pyridine rings is 1. The minimum atomic E-state index is 0.125. The van der Waals surface area contributed by atoms with E-state index in [0.717, 1.165) is 56.6 Å². The van der Waals surface area contributed by atoms with E-state index in [2.05, 4.69) is 74.7 Å². The highest BCUT2D eigenvalue weighted by Crippen LogP contribution is 2.25. The SMILES string of the molecule is CC(=O)N1C(C)CN(c2cc(N3CN=C(Nc4ccc(N5CCOCC5)cc4)N3)ccn2)CC1C. The molecule has 2 saturated heterocycles. The van der Waals surface area contributed by atoms with Gasteiger partial charge in [-0.2, -0.15) is 0 Å². The van der Waals surface area contributed by atoms with Gasteiger partial charge in [0.15, 0.2) is 0 Å². The molecule has 2 unspecified atom stereocenters. The van der Waals surface area contributed by atoms with Crippen molar-refractivity contribution in [3.63, 3.8) is 0 Å². The summed E-state index contributed by atoms with van der Waals surface area (Å²) >= 11 is 0. The molecule has 5 rings (SSSR count). The van der Waals surface area contributed by atoms with Crippen molar-refractivity contribution in [3.05, 3.63) is 42.6 Å². The van der Waals surface area contributed by atoms with Crippen LogP contribution in [0.2, 0.25) is 0 Å². The van der Waals surface area contributed by atoms with Crippen molar-refractivity contribution in [2.24, 2.45) is 4.99 Å². The third-order valence-electron chi connectivity index (χ3n) is 6.76. The highest BCUT2D eigenvalue weighted by atomic mass is 16.5. The van der Waals surface area contributed by atoms with Crippen LogP contribution in [0, 0.1) is 0 Å². The Hall–Kier alpha value is -3.53. The summed E-state index contributed by atoms with van der Waals surface area (Å²) in [5.74, 6) is 1.74. The summed E-state index contributed by atoms with van der Waals surface area (Å²) in [7, 11) is 0. The van der Waals surface area contributed by atoms with E-state index in [0.29, 0.717) is 12.6 Å².